The van der Waals surface area contributed by atoms with Crippen molar-refractivity contribution in [3.63, 3.8) is 0 Å². The highest BCUT2D eigenvalue weighted by molar-refractivity contribution is 5.94. The summed E-state index contributed by atoms with van der Waals surface area (Å²) < 4.78 is 6.43. The van der Waals surface area contributed by atoms with Crippen molar-refractivity contribution in [2.24, 2.45) is 0 Å². The third-order valence-electron chi connectivity index (χ3n) is 6.67. The molecule has 4 rings (SSSR count). The van der Waals surface area contributed by atoms with Crippen molar-refractivity contribution in [3.8, 4) is 11.3 Å². The quantitative estimate of drug-likeness (QED) is 0.309. The number of rotatable bonds is 11. The lowest BCUT2D eigenvalue weighted by Crippen LogP contribution is -2.33. The van der Waals surface area contributed by atoms with Gasteiger partial charge in [0.05, 0.1) is 25.3 Å². The van der Waals surface area contributed by atoms with Crippen LogP contribution in [0.15, 0.2) is 65.5 Å². The molecule has 8 heteroatoms. The summed E-state index contributed by atoms with van der Waals surface area (Å²) >= 11 is 0. The number of hydrogen-bond acceptors (Lipinski definition) is 6. The van der Waals surface area contributed by atoms with Gasteiger partial charge in [-0.3, -0.25) is 14.4 Å². The highest BCUT2D eigenvalue weighted by Gasteiger charge is 2.11. The molecule has 1 aliphatic heterocycles. The normalized spacial score (nSPS) is 13.7. The molecule has 1 aromatic heterocycles. The van der Waals surface area contributed by atoms with Crippen LogP contribution in [-0.2, 0) is 22.5 Å². The molecule has 1 saturated heterocycles. The molecule has 0 saturated carbocycles. The third-order valence-corrected chi connectivity index (χ3v) is 6.67. The fourth-order valence-electron chi connectivity index (χ4n) is 4.69. The summed E-state index contributed by atoms with van der Waals surface area (Å²) in [5.41, 5.74) is 3.53. The van der Waals surface area contributed by atoms with Gasteiger partial charge in [-0.1, -0.05) is 42.8 Å². The van der Waals surface area contributed by atoms with Gasteiger partial charge in [-0.05, 0) is 75.1 Å². The Hall–Kier alpha value is -3.78. The molecule has 2 aromatic carbocycles. The summed E-state index contributed by atoms with van der Waals surface area (Å²) in [6.07, 6.45) is 5.00. The number of aromatic nitrogens is 2. The Bertz CT molecular complexity index is 1280. The topological polar surface area (TPSA) is 93.5 Å². The largest absolute Gasteiger partial charge is 0.466 e. The molecule has 3 aromatic rings. The van der Waals surface area contributed by atoms with Crippen LogP contribution in [0.5, 0.6) is 0 Å². The maximum Gasteiger partial charge on any atom is 0.310 e. The SMILES string of the molecule is CCOC(=O)Cc1cccc(Cn2nc(-c3ccc(C(=O)NCCCN4CCCCC4)cc3)ccc2=O)c1. The van der Waals surface area contributed by atoms with E-state index in [0.717, 1.165) is 29.7 Å². The molecule has 0 spiro atoms. The Morgan fingerprint density at radius 1 is 0.974 bits per heavy atom. The average molecular weight is 517 g/mol. The molecule has 200 valence electrons. The van der Waals surface area contributed by atoms with Gasteiger partial charge in [0.1, 0.15) is 0 Å². The van der Waals surface area contributed by atoms with E-state index in [1.807, 2.05) is 36.4 Å². The van der Waals surface area contributed by atoms with Gasteiger partial charge in [0.25, 0.3) is 11.5 Å². The van der Waals surface area contributed by atoms with E-state index in [1.165, 1.54) is 43.1 Å². The van der Waals surface area contributed by atoms with Crippen molar-refractivity contribution in [3.05, 3.63) is 87.7 Å². The molecule has 38 heavy (non-hydrogen) atoms. The van der Waals surface area contributed by atoms with Gasteiger partial charge in [0.2, 0.25) is 0 Å². The fraction of sp³-hybridized carbons (Fsp3) is 0.400. The minimum absolute atomic E-state index is 0.0872. The highest BCUT2D eigenvalue weighted by Crippen LogP contribution is 2.17. The molecule has 0 unspecified atom stereocenters. The first-order valence-electron chi connectivity index (χ1n) is 13.4. The molecule has 1 aliphatic rings. The zero-order chi connectivity index (χ0) is 26.7. The third kappa shape index (κ3) is 7.86. The molecule has 8 nitrogen and oxygen atoms in total. The van der Waals surface area contributed by atoms with E-state index in [2.05, 4.69) is 15.3 Å². The number of hydrogen-bond donors (Lipinski definition) is 1. The minimum Gasteiger partial charge on any atom is -0.466 e. The molecule has 2 heterocycles. The maximum atomic E-state index is 12.6. The number of nitrogens with one attached hydrogen (secondary N) is 1. The second kappa shape index (κ2) is 13.7. The number of carbonyl (C=O) groups is 2. The van der Waals surface area contributed by atoms with Gasteiger partial charge in [-0.2, -0.15) is 5.10 Å². The number of benzene rings is 2. The van der Waals surface area contributed by atoms with Crippen molar-refractivity contribution in [1.29, 1.82) is 0 Å². The summed E-state index contributed by atoms with van der Waals surface area (Å²) in [6.45, 7) is 6.41. The van der Waals surface area contributed by atoms with Crippen LogP contribution < -0.4 is 10.9 Å². The van der Waals surface area contributed by atoms with Crippen molar-refractivity contribution < 1.29 is 14.3 Å². The summed E-state index contributed by atoms with van der Waals surface area (Å²) in [5, 5.41) is 7.55. The Balaban J connectivity index is 1.35. The molecule has 0 aliphatic carbocycles. The van der Waals surface area contributed by atoms with Crippen molar-refractivity contribution >= 4 is 11.9 Å². The Morgan fingerprint density at radius 3 is 2.50 bits per heavy atom. The molecular weight excluding hydrogens is 480 g/mol. The van der Waals surface area contributed by atoms with E-state index in [0.29, 0.717) is 24.4 Å². The lowest BCUT2D eigenvalue weighted by Gasteiger charge is -2.26. The van der Waals surface area contributed by atoms with E-state index >= 15 is 0 Å². The Morgan fingerprint density at radius 2 is 1.74 bits per heavy atom. The summed E-state index contributed by atoms with van der Waals surface area (Å²) in [6, 6.07) is 17.9. The first kappa shape index (κ1) is 27.3. The van der Waals surface area contributed by atoms with Crippen LogP contribution in [0.3, 0.4) is 0 Å². The lowest BCUT2D eigenvalue weighted by molar-refractivity contribution is -0.142. The number of piperidine rings is 1. The first-order chi connectivity index (χ1) is 18.5. The van der Waals surface area contributed by atoms with Gasteiger partial charge in [0, 0.05) is 23.7 Å². The molecule has 1 N–H and O–H groups in total. The number of likely N-dealkylation sites (tertiary alicyclic amines) is 1. The van der Waals surface area contributed by atoms with Gasteiger partial charge >= 0.3 is 5.97 Å². The smallest absolute Gasteiger partial charge is 0.310 e. The lowest BCUT2D eigenvalue weighted by atomic mass is 10.1. The predicted octanol–water partition coefficient (Wildman–Crippen LogP) is 3.67. The number of carbonyl (C=O) groups excluding carboxylic acids is 2. The van der Waals surface area contributed by atoms with Crippen LogP contribution in [0.2, 0.25) is 0 Å². The van der Waals surface area contributed by atoms with Gasteiger partial charge < -0.3 is 15.0 Å². The predicted molar refractivity (Wildman–Crippen MR) is 147 cm³/mol. The zero-order valence-corrected chi connectivity index (χ0v) is 22.0. The molecule has 1 fully saturated rings. The van der Waals surface area contributed by atoms with E-state index in [9.17, 15) is 14.4 Å². The molecular formula is C30H36N4O4. The molecule has 1 amide bonds. The van der Waals surface area contributed by atoms with Crippen LogP contribution in [0.4, 0.5) is 0 Å². The van der Waals surface area contributed by atoms with Crippen LogP contribution in [0.1, 0.15) is 54.1 Å². The van der Waals surface area contributed by atoms with Crippen molar-refractivity contribution in [2.45, 2.75) is 45.6 Å². The minimum atomic E-state index is -0.281. The second-order valence-corrected chi connectivity index (χ2v) is 9.61. The Labute approximate surface area is 223 Å². The van der Waals surface area contributed by atoms with Crippen LogP contribution >= 0.6 is 0 Å². The van der Waals surface area contributed by atoms with Crippen LogP contribution in [0, 0.1) is 0 Å². The number of ether oxygens (including phenoxy) is 1. The van der Waals surface area contributed by atoms with Crippen molar-refractivity contribution in [2.75, 3.05) is 32.8 Å². The monoisotopic (exact) mass is 516 g/mol. The number of nitrogens with zero attached hydrogens (tertiary/aromatic N) is 3. The van der Waals surface area contributed by atoms with Gasteiger partial charge in [-0.15, -0.1) is 0 Å². The van der Waals surface area contributed by atoms with E-state index < -0.39 is 0 Å². The van der Waals surface area contributed by atoms with Crippen LogP contribution in [-0.4, -0.2) is 59.3 Å². The summed E-state index contributed by atoms with van der Waals surface area (Å²) in [4.78, 5) is 39.3. The highest BCUT2D eigenvalue weighted by atomic mass is 16.5. The molecule has 0 radical (unpaired) electrons. The van der Waals surface area contributed by atoms with E-state index in [1.54, 1.807) is 25.1 Å². The Kier molecular flexibility index (Phi) is 9.81. The standard InChI is InChI=1S/C30H36N4O4/c1-2-38-29(36)21-23-8-6-9-24(20-23)22-34-28(35)15-14-27(32-34)25-10-12-26(13-11-25)30(37)31-16-7-19-33-17-4-3-5-18-33/h6,8-15,20H,2-5,7,16-19,21-22H2,1H3,(H,31,37). The van der Waals surface area contributed by atoms with Gasteiger partial charge in [-0.25, -0.2) is 4.68 Å². The zero-order valence-electron chi connectivity index (χ0n) is 22.0. The maximum absolute atomic E-state index is 12.6. The first-order valence-corrected chi connectivity index (χ1v) is 13.4. The molecule has 0 bridgehead atoms. The number of amides is 1. The second-order valence-electron chi connectivity index (χ2n) is 9.61. The summed E-state index contributed by atoms with van der Waals surface area (Å²) in [7, 11) is 0. The molecule has 0 atom stereocenters. The fourth-order valence-corrected chi connectivity index (χ4v) is 4.69. The van der Waals surface area contributed by atoms with Crippen molar-refractivity contribution in [1.82, 2.24) is 20.0 Å². The van der Waals surface area contributed by atoms with Gasteiger partial charge in [0.15, 0.2) is 0 Å². The summed E-state index contributed by atoms with van der Waals surface area (Å²) in [5.74, 6) is -0.368. The van der Waals surface area contributed by atoms with Crippen LogP contribution in [0.25, 0.3) is 11.3 Å². The van der Waals surface area contributed by atoms with E-state index in [4.69, 9.17) is 4.74 Å². The number of esters is 1. The average Bonchev–Trinajstić information content (AvgIpc) is 2.93. The van der Waals surface area contributed by atoms with E-state index in [-0.39, 0.29) is 30.4 Å².